The molecule has 0 aliphatic carbocycles. The molecule has 0 spiro atoms. The third kappa shape index (κ3) is 3.50. The molecule has 6 heteroatoms. The van der Waals surface area contributed by atoms with Crippen LogP contribution in [-0.4, -0.2) is 28.7 Å². The number of benzene rings is 2. The molecule has 0 heterocycles. The van der Waals surface area contributed by atoms with Crippen LogP contribution in [0.15, 0.2) is 42.5 Å². The van der Waals surface area contributed by atoms with Crippen LogP contribution in [0.3, 0.4) is 0 Å². The number of rotatable bonds is 5. The van der Waals surface area contributed by atoms with Crippen LogP contribution in [0.4, 0.5) is 11.4 Å². The molecule has 2 aromatic rings. The smallest absolute Gasteiger partial charge is 0.197 e. The van der Waals surface area contributed by atoms with E-state index in [1.807, 2.05) is 0 Å². The summed E-state index contributed by atoms with van der Waals surface area (Å²) in [7, 11) is 0. The van der Waals surface area contributed by atoms with Crippen molar-refractivity contribution in [3.63, 3.8) is 0 Å². The second-order valence-electron chi connectivity index (χ2n) is 4.49. The summed E-state index contributed by atoms with van der Waals surface area (Å²) in [5.41, 5.74) is 12.3. The van der Waals surface area contributed by atoms with Crippen molar-refractivity contribution in [1.29, 1.82) is 0 Å². The van der Waals surface area contributed by atoms with E-state index >= 15 is 0 Å². The largest absolute Gasteiger partial charge is 0.457 e. The number of hydrogen-bond donors (Lipinski definition) is 4. The molecular weight excluding hydrogens is 272 g/mol. The molecule has 0 fully saturated rings. The Morgan fingerprint density at radius 2 is 1.71 bits per heavy atom. The Hall–Kier alpha value is -2.57. The van der Waals surface area contributed by atoms with Crippen molar-refractivity contribution in [3.8, 4) is 11.5 Å². The zero-order valence-corrected chi connectivity index (χ0v) is 11.2. The number of ether oxygens (including phenoxy) is 1. The van der Waals surface area contributed by atoms with Crippen molar-refractivity contribution in [3.05, 3.63) is 48.0 Å². The van der Waals surface area contributed by atoms with Crippen molar-refractivity contribution in [1.82, 2.24) is 0 Å². The van der Waals surface area contributed by atoms with Gasteiger partial charge in [0.15, 0.2) is 5.78 Å². The first-order chi connectivity index (χ1) is 10.0. The lowest BCUT2D eigenvalue weighted by atomic mass is 10.0. The molecule has 2 aromatic carbocycles. The van der Waals surface area contributed by atoms with E-state index in [1.54, 1.807) is 30.3 Å². The number of aliphatic hydroxyl groups is 2. The van der Waals surface area contributed by atoms with Gasteiger partial charge in [0.05, 0.1) is 12.2 Å². The average molecular weight is 288 g/mol. The van der Waals surface area contributed by atoms with Crippen molar-refractivity contribution in [2.24, 2.45) is 0 Å². The molecule has 0 saturated heterocycles. The summed E-state index contributed by atoms with van der Waals surface area (Å²) in [6, 6.07) is 11.1. The summed E-state index contributed by atoms with van der Waals surface area (Å²) < 4.78 is 5.61. The lowest BCUT2D eigenvalue weighted by molar-refractivity contribution is 0.0585. The van der Waals surface area contributed by atoms with Gasteiger partial charge in [0.25, 0.3) is 0 Å². The lowest BCUT2D eigenvalue weighted by Gasteiger charge is -2.13. The fourth-order valence-electron chi connectivity index (χ4n) is 1.75. The molecule has 6 nitrogen and oxygen atoms in total. The second-order valence-corrected chi connectivity index (χ2v) is 4.49. The molecule has 0 saturated carbocycles. The quantitative estimate of drug-likeness (QED) is 0.484. The van der Waals surface area contributed by atoms with E-state index in [4.69, 9.17) is 21.3 Å². The topological polar surface area (TPSA) is 119 Å². The Morgan fingerprint density at radius 3 is 2.33 bits per heavy atom. The molecule has 0 amide bonds. The van der Waals surface area contributed by atoms with Crippen LogP contribution in [0.2, 0.25) is 0 Å². The van der Waals surface area contributed by atoms with Gasteiger partial charge in [-0.05, 0) is 42.5 Å². The molecule has 0 aliphatic heterocycles. The van der Waals surface area contributed by atoms with Crippen LogP contribution in [0.1, 0.15) is 10.4 Å². The summed E-state index contributed by atoms with van der Waals surface area (Å²) >= 11 is 0. The van der Waals surface area contributed by atoms with Crippen molar-refractivity contribution < 1.29 is 19.7 Å². The minimum atomic E-state index is -1.51. The van der Waals surface area contributed by atoms with Crippen LogP contribution in [0.25, 0.3) is 0 Å². The van der Waals surface area contributed by atoms with E-state index < -0.39 is 18.5 Å². The van der Waals surface area contributed by atoms with Crippen molar-refractivity contribution >= 4 is 17.2 Å². The fraction of sp³-hybridized carbons (Fsp3) is 0.133. The minimum Gasteiger partial charge on any atom is -0.457 e. The number of hydrogen-bond acceptors (Lipinski definition) is 6. The summed E-state index contributed by atoms with van der Waals surface area (Å²) in [6.07, 6.45) is -1.51. The highest BCUT2D eigenvalue weighted by Gasteiger charge is 2.21. The summed E-state index contributed by atoms with van der Waals surface area (Å²) in [4.78, 5) is 12.0. The molecule has 0 bridgehead atoms. The highest BCUT2D eigenvalue weighted by Crippen LogP contribution is 2.28. The molecule has 0 aromatic heterocycles. The first kappa shape index (κ1) is 14.8. The van der Waals surface area contributed by atoms with E-state index in [9.17, 15) is 9.90 Å². The van der Waals surface area contributed by atoms with Gasteiger partial charge in [-0.1, -0.05) is 0 Å². The summed E-state index contributed by atoms with van der Waals surface area (Å²) in [6.45, 7) is -0.672. The molecule has 21 heavy (non-hydrogen) atoms. The number of nitrogens with two attached hydrogens (primary N) is 2. The van der Waals surface area contributed by atoms with Gasteiger partial charge >= 0.3 is 0 Å². The normalized spacial score (nSPS) is 11.9. The van der Waals surface area contributed by atoms with Gasteiger partial charge in [-0.2, -0.15) is 0 Å². The Labute approximate surface area is 121 Å². The van der Waals surface area contributed by atoms with Crippen LogP contribution >= 0.6 is 0 Å². The predicted molar refractivity (Wildman–Crippen MR) is 79.2 cm³/mol. The van der Waals surface area contributed by atoms with E-state index in [0.29, 0.717) is 17.1 Å². The highest BCUT2D eigenvalue weighted by molar-refractivity contribution is 6.02. The molecular formula is C15H16N2O4. The molecule has 2 rings (SSSR count). The van der Waals surface area contributed by atoms with Gasteiger partial charge in [-0.3, -0.25) is 4.79 Å². The molecule has 1 atom stereocenters. The van der Waals surface area contributed by atoms with Crippen molar-refractivity contribution in [2.45, 2.75) is 6.10 Å². The predicted octanol–water partition coefficient (Wildman–Crippen LogP) is 1.18. The lowest BCUT2D eigenvalue weighted by Crippen LogP contribution is -2.24. The standard InChI is InChI=1S/C15H16N2O4/c16-9-1-4-11(5-2-9)21-14-6-3-10(17)7-12(14)15(20)13(19)8-18/h1-7,13,18-19H,8,16-17H2. The fourth-order valence-corrected chi connectivity index (χ4v) is 1.75. The Morgan fingerprint density at radius 1 is 1.10 bits per heavy atom. The third-order valence-corrected chi connectivity index (χ3v) is 2.85. The SMILES string of the molecule is Nc1ccc(Oc2ccc(N)cc2C(=O)C(O)CO)cc1. The first-order valence-corrected chi connectivity index (χ1v) is 6.27. The zero-order chi connectivity index (χ0) is 15.4. The van der Waals surface area contributed by atoms with E-state index in [-0.39, 0.29) is 11.3 Å². The van der Waals surface area contributed by atoms with Gasteiger partial charge in [0.1, 0.15) is 17.6 Å². The highest BCUT2D eigenvalue weighted by atomic mass is 16.5. The van der Waals surface area contributed by atoms with E-state index in [0.717, 1.165) is 0 Å². The maximum absolute atomic E-state index is 12.0. The second kappa shape index (κ2) is 6.25. The average Bonchev–Trinajstić information content (AvgIpc) is 2.49. The molecule has 110 valence electrons. The molecule has 0 aliphatic rings. The van der Waals surface area contributed by atoms with Gasteiger partial charge < -0.3 is 26.4 Å². The Balaban J connectivity index is 2.34. The molecule has 6 N–H and O–H groups in total. The number of aliphatic hydroxyl groups excluding tert-OH is 2. The van der Waals surface area contributed by atoms with Crippen LogP contribution < -0.4 is 16.2 Å². The molecule has 0 radical (unpaired) electrons. The van der Waals surface area contributed by atoms with Crippen LogP contribution in [-0.2, 0) is 0 Å². The third-order valence-electron chi connectivity index (χ3n) is 2.85. The van der Waals surface area contributed by atoms with E-state index in [2.05, 4.69) is 0 Å². The zero-order valence-electron chi connectivity index (χ0n) is 11.2. The number of carbonyl (C=O) groups is 1. The Bertz CT molecular complexity index is 641. The summed E-state index contributed by atoms with van der Waals surface area (Å²) in [5, 5.41) is 18.4. The van der Waals surface area contributed by atoms with Crippen LogP contribution in [0, 0.1) is 0 Å². The van der Waals surface area contributed by atoms with E-state index in [1.165, 1.54) is 12.1 Å². The molecule has 1 unspecified atom stereocenters. The maximum Gasteiger partial charge on any atom is 0.197 e. The van der Waals surface area contributed by atoms with Gasteiger partial charge in [-0.15, -0.1) is 0 Å². The monoisotopic (exact) mass is 288 g/mol. The summed E-state index contributed by atoms with van der Waals surface area (Å²) in [5.74, 6) is 0.0724. The first-order valence-electron chi connectivity index (χ1n) is 6.27. The Kier molecular flexibility index (Phi) is 4.42. The number of nitrogen functional groups attached to an aromatic ring is 2. The number of Topliss-reactive ketones (excluding diaryl/α,β-unsaturated/α-hetero) is 1. The van der Waals surface area contributed by atoms with Gasteiger partial charge in [0.2, 0.25) is 0 Å². The van der Waals surface area contributed by atoms with Crippen LogP contribution in [0.5, 0.6) is 11.5 Å². The number of carbonyl (C=O) groups excluding carboxylic acids is 1. The van der Waals surface area contributed by atoms with Gasteiger partial charge in [0, 0.05) is 11.4 Å². The minimum absolute atomic E-state index is 0.105. The van der Waals surface area contributed by atoms with Crippen molar-refractivity contribution in [2.75, 3.05) is 18.1 Å². The number of anilines is 2. The maximum atomic E-state index is 12.0. The number of ketones is 1. The van der Waals surface area contributed by atoms with Gasteiger partial charge in [-0.25, -0.2) is 0 Å².